The van der Waals surface area contributed by atoms with E-state index in [1.807, 2.05) is 0 Å². The Kier molecular flexibility index (Phi) is 2.59. The van der Waals surface area contributed by atoms with Crippen molar-refractivity contribution in [1.82, 2.24) is 0 Å². The summed E-state index contributed by atoms with van der Waals surface area (Å²) in [5, 5.41) is 9.24. The van der Waals surface area contributed by atoms with E-state index in [0.29, 0.717) is 0 Å². The molecule has 2 rings (SSSR count). The average Bonchev–Trinajstić information content (AvgIpc) is 2.50. The average molecular weight is 226 g/mol. The van der Waals surface area contributed by atoms with Crippen molar-refractivity contribution in [3.05, 3.63) is 12.2 Å². The molecule has 2 heterocycles. The molecule has 2 aliphatic heterocycles. The number of ether oxygens (including phenoxy) is 2. The molecule has 2 bridgehead atoms. The number of carbonyl (C=O) groups excluding carboxylic acids is 2. The van der Waals surface area contributed by atoms with Crippen molar-refractivity contribution >= 4 is 11.8 Å². The summed E-state index contributed by atoms with van der Waals surface area (Å²) >= 11 is 0. The Hall–Kier alpha value is -1.20. The van der Waals surface area contributed by atoms with E-state index in [4.69, 9.17) is 9.47 Å². The molecule has 1 saturated heterocycles. The van der Waals surface area contributed by atoms with Gasteiger partial charge in [0.05, 0.1) is 6.61 Å². The fourth-order valence-corrected chi connectivity index (χ4v) is 2.19. The number of rotatable bonds is 3. The molecule has 1 fully saturated rings. The van der Waals surface area contributed by atoms with Crippen molar-refractivity contribution in [1.29, 1.82) is 0 Å². The number of hydrogen-bond donors (Lipinski definition) is 1. The van der Waals surface area contributed by atoms with Crippen LogP contribution in [-0.4, -0.2) is 41.3 Å². The molecular weight excluding hydrogens is 212 g/mol. The van der Waals surface area contributed by atoms with Gasteiger partial charge in [0.15, 0.2) is 0 Å². The quantitative estimate of drug-likeness (QED) is 0.540. The summed E-state index contributed by atoms with van der Waals surface area (Å²) in [5.74, 6) is -0.400. The van der Waals surface area contributed by atoms with Crippen LogP contribution in [0, 0.1) is 0 Å². The van der Waals surface area contributed by atoms with Gasteiger partial charge < -0.3 is 14.6 Å². The summed E-state index contributed by atoms with van der Waals surface area (Å²) in [6.45, 7) is 1.09. The molecule has 0 radical (unpaired) electrons. The first-order valence-electron chi connectivity index (χ1n) is 5.16. The number of aliphatic hydroxyl groups excluding tert-OH is 1. The number of Topliss-reactive ketones (excluding diaryl/α,β-unsaturated/α-hetero) is 1. The highest BCUT2D eigenvalue weighted by Crippen LogP contribution is 2.41. The standard InChI is InChI=1S/C11H14O5/c1-8(13)15-7-11-3-2-10(6-12,16-11)4-9(14)5-11/h2-3,12H,4-7H2,1H3/t10-,11+/m0/s1. The molecule has 0 aromatic heterocycles. The molecule has 0 saturated carbocycles. The van der Waals surface area contributed by atoms with Crippen molar-refractivity contribution in [3.63, 3.8) is 0 Å². The molecular formula is C11H14O5. The lowest BCUT2D eigenvalue weighted by atomic mass is 9.91. The maximum atomic E-state index is 11.6. The minimum absolute atomic E-state index is 0.0115. The lowest BCUT2D eigenvalue weighted by molar-refractivity contribution is -0.180. The summed E-state index contributed by atoms with van der Waals surface area (Å²) < 4.78 is 10.6. The fourth-order valence-electron chi connectivity index (χ4n) is 2.19. The van der Waals surface area contributed by atoms with Crippen molar-refractivity contribution in [2.24, 2.45) is 0 Å². The van der Waals surface area contributed by atoms with E-state index >= 15 is 0 Å². The molecule has 0 unspecified atom stereocenters. The Morgan fingerprint density at radius 2 is 2.12 bits per heavy atom. The van der Waals surface area contributed by atoms with Gasteiger partial charge in [0, 0.05) is 19.8 Å². The highest BCUT2D eigenvalue weighted by Gasteiger charge is 2.51. The SMILES string of the molecule is CC(=O)OC[C@@]12C=C[C@@](CO)(CC(=O)C1)O2. The largest absolute Gasteiger partial charge is 0.462 e. The van der Waals surface area contributed by atoms with Gasteiger partial charge in [-0.15, -0.1) is 0 Å². The Labute approximate surface area is 93.0 Å². The Bertz CT molecular complexity index is 361. The van der Waals surface area contributed by atoms with E-state index < -0.39 is 17.2 Å². The monoisotopic (exact) mass is 226 g/mol. The van der Waals surface area contributed by atoms with Gasteiger partial charge in [0.2, 0.25) is 0 Å². The highest BCUT2D eigenvalue weighted by molar-refractivity contribution is 5.83. The molecule has 5 nitrogen and oxygen atoms in total. The zero-order valence-corrected chi connectivity index (χ0v) is 9.06. The zero-order chi connectivity index (χ0) is 11.8. The van der Waals surface area contributed by atoms with Gasteiger partial charge in [-0.25, -0.2) is 0 Å². The molecule has 2 aliphatic rings. The second kappa shape index (κ2) is 3.68. The van der Waals surface area contributed by atoms with E-state index in [9.17, 15) is 14.7 Å². The van der Waals surface area contributed by atoms with Crippen molar-refractivity contribution in [2.75, 3.05) is 13.2 Å². The van der Waals surface area contributed by atoms with Gasteiger partial charge in [-0.3, -0.25) is 9.59 Å². The molecule has 0 aromatic carbocycles. The highest BCUT2D eigenvalue weighted by atomic mass is 16.6. The van der Waals surface area contributed by atoms with E-state index in [1.54, 1.807) is 12.2 Å². The van der Waals surface area contributed by atoms with Crippen LogP contribution in [0.2, 0.25) is 0 Å². The van der Waals surface area contributed by atoms with Gasteiger partial charge in [-0.2, -0.15) is 0 Å². The second-order valence-corrected chi connectivity index (χ2v) is 4.40. The Morgan fingerprint density at radius 1 is 1.50 bits per heavy atom. The predicted molar refractivity (Wildman–Crippen MR) is 53.6 cm³/mol. The molecule has 2 atom stereocenters. The normalized spacial score (nSPS) is 36.5. The van der Waals surface area contributed by atoms with Crippen LogP contribution in [-0.2, 0) is 19.1 Å². The van der Waals surface area contributed by atoms with E-state index in [2.05, 4.69) is 0 Å². The molecule has 0 aromatic rings. The van der Waals surface area contributed by atoms with Gasteiger partial charge in [-0.1, -0.05) is 6.08 Å². The summed E-state index contributed by atoms with van der Waals surface area (Å²) in [7, 11) is 0. The third-order valence-corrected chi connectivity index (χ3v) is 2.88. The van der Waals surface area contributed by atoms with Crippen LogP contribution < -0.4 is 0 Å². The Morgan fingerprint density at radius 3 is 2.75 bits per heavy atom. The maximum absolute atomic E-state index is 11.6. The summed E-state index contributed by atoms with van der Waals surface area (Å²) in [4.78, 5) is 22.3. The van der Waals surface area contributed by atoms with Crippen LogP contribution in [0.15, 0.2) is 12.2 Å². The molecule has 88 valence electrons. The minimum atomic E-state index is -0.907. The van der Waals surface area contributed by atoms with Crippen molar-refractivity contribution in [2.45, 2.75) is 31.0 Å². The number of ketones is 1. The smallest absolute Gasteiger partial charge is 0.302 e. The van der Waals surface area contributed by atoms with E-state index in [0.717, 1.165) is 0 Å². The van der Waals surface area contributed by atoms with Crippen LogP contribution in [0.4, 0.5) is 0 Å². The van der Waals surface area contributed by atoms with E-state index in [-0.39, 0.29) is 31.8 Å². The van der Waals surface area contributed by atoms with Crippen LogP contribution in [0.5, 0.6) is 0 Å². The van der Waals surface area contributed by atoms with Crippen LogP contribution in [0.25, 0.3) is 0 Å². The molecule has 1 N–H and O–H groups in total. The topological polar surface area (TPSA) is 72.8 Å². The predicted octanol–water partition coefficient (Wildman–Crippen LogP) is -0.0313. The number of fused-ring (bicyclic) bond motifs is 2. The lowest BCUT2D eigenvalue weighted by Crippen LogP contribution is -2.49. The fraction of sp³-hybridized carbons (Fsp3) is 0.636. The second-order valence-electron chi connectivity index (χ2n) is 4.40. The first-order valence-corrected chi connectivity index (χ1v) is 5.16. The lowest BCUT2D eigenvalue weighted by Gasteiger charge is -2.38. The zero-order valence-electron chi connectivity index (χ0n) is 9.06. The number of aliphatic hydroxyl groups is 1. The molecule has 16 heavy (non-hydrogen) atoms. The third kappa shape index (κ3) is 1.88. The third-order valence-electron chi connectivity index (χ3n) is 2.88. The van der Waals surface area contributed by atoms with Crippen LogP contribution >= 0.6 is 0 Å². The van der Waals surface area contributed by atoms with Crippen LogP contribution in [0.3, 0.4) is 0 Å². The van der Waals surface area contributed by atoms with Gasteiger partial charge >= 0.3 is 5.97 Å². The summed E-state index contributed by atoms with van der Waals surface area (Å²) in [5.41, 5.74) is -1.78. The molecule has 0 spiro atoms. The first-order chi connectivity index (χ1) is 7.49. The first kappa shape index (κ1) is 11.3. The minimum Gasteiger partial charge on any atom is -0.462 e. The van der Waals surface area contributed by atoms with Gasteiger partial charge in [0.1, 0.15) is 23.6 Å². The van der Waals surface area contributed by atoms with Crippen LogP contribution in [0.1, 0.15) is 19.8 Å². The maximum Gasteiger partial charge on any atom is 0.302 e. The summed E-state index contributed by atoms with van der Waals surface area (Å²) in [6, 6.07) is 0. The van der Waals surface area contributed by atoms with Crippen molar-refractivity contribution < 1.29 is 24.2 Å². The van der Waals surface area contributed by atoms with Gasteiger partial charge in [-0.05, 0) is 6.08 Å². The number of hydrogen-bond acceptors (Lipinski definition) is 5. The van der Waals surface area contributed by atoms with E-state index in [1.165, 1.54) is 6.92 Å². The van der Waals surface area contributed by atoms with Gasteiger partial charge in [0.25, 0.3) is 0 Å². The molecule has 0 amide bonds. The number of carbonyl (C=O) groups is 2. The number of esters is 1. The van der Waals surface area contributed by atoms with Crippen molar-refractivity contribution in [3.8, 4) is 0 Å². The Balaban J connectivity index is 2.14. The molecule has 5 heteroatoms. The summed E-state index contributed by atoms with van der Waals surface area (Å²) in [6.07, 6.45) is 3.79. The molecule has 0 aliphatic carbocycles.